The van der Waals surface area contributed by atoms with Gasteiger partial charge < -0.3 is 25.9 Å². The van der Waals surface area contributed by atoms with Gasteiger partial charge in [-0.3, -0.25) is 4.79 Å². The van der Waals surface area contributed by atoms with Crippen LogP contribution in [-0.2, 0) is 17.8 Å². The summed E-state index contributed by atoms with van der Waals surface area (Å²) in [7, 11) is 1.67. The second kappa shape index (κ2) is 11.3. The van der Waals surface area contributed by atoms with E-state index in [-0.39, 0.29) is 24.8 Å². The molecule has 0 amide bonds. The van der Waals surface area contributed by atoms with Crippen molar-refractivity contribution >= 4 is 35.4 Å². The lowest BCUT2D eigenvalue weighted by Gasteiger charge is -2.10. The largest absolute Gasteiger partial charge is 0.497 e. The minimum Gasteiger partial charge on any atom is -0.497 e. The van der Waals surface area contributed by atoms with Crippen LogP contribution < -0.4 is 16.2 Å². The molecule has 1 unspecified atom stereocenters. The third kappa shape index (κ3) is 5.61. The third-order valence-electron chi connectivity index (χ3n) is 6.35. The number of fused-ring (bicyclic) bond motifs is 1. The molecule has 1 atom stereocenters. The monoisotopic (exact) mass is 529 g/mol. The number of nitrogens with zero attached hydrogens (tertiary/aromatic N) is 3. The van der Waals surface area contributed by atoms with E-state index in [0.29, 0.717) is 6.54 Å². The van der Waals surface area contributed by atoms with Crippen LogP contribution in [0, 0.1) is 0 Å². The minimum atomic E-state index is -1.02. The van der Waals surface area contributed by atoms with Crippen molar-refractivity contribution in [3.63, 3.8) is 0 Å². The molecule has 8 nitrogen and oxygen atoms in total. The molecule has 0 aliphatic heterocycles. The highest BCUT2D eigenvalue weighted by Crippen LogP contribution is 2.29. The van der Waals surface area contributed by atoms with Crippen molar-refractivity contribution < 1.29 is 14.6 Å². The van der Waals surface area contributed by atoms with Crippen LogP contribution >= 0.6 is 12.4 Å². The lowest BCUT2D eigenvalue weighted by atomic mass is 10.0. The fourth-order valence-corrected chi connectivity index (χ4v) is 4.37. The number of aliphatic carboxylic acids is 1. The van der Waals surface area contributed by atoms with Gasteiger partial charge in [0.15, 0.2) is 0 Å². The first-order chi connectivity index (χ1) is 17.9. The first-order valence-corrected chi connectivity index (χ1v) is 11.8. The quantitative estimate of drug-likeness (QED) is 0.264. The molecule has 0 spiro atoms. The van der Waals surface area contributed by atoms with E-state index in [0.717, 1.165) is 50.3 Å². The van der Waals surface area contributed by atoms with Crippen LogP contribution in [0.4, 0.5) is 5.95 Å². The average molecular weight is 530 g/mol. The topological polar surface area (TPSA) is 129 Å². The highest BCUT2D eigenvalue weighted by atomic mass is 35.5. The summed E-state index contributed by atoms with van der Waals surface area (Å²) in [6, 6.07) is 25.0. The zero-order valence-corrected chi connectivity index (χ0v) is 21.6. The fourth-order valence-electron chi connectivity index (χ4n) is 4.37. The van der Waals surface area contributed by atoms with Gasteiger partial charge in [0.25, 0.3) is 0 Å². The predicted octanol–water partition coefficient (Wildman–Crippen LogP) is 4.78. The maximum absolute atomic E-state index is 11.1. The van der Waals surface area contributed by atoms with Crippen LogP contribution in [-0.4, -0.2) is 38.8 Å². The molecule has 2 heterocycles. The van der Waals surface area contributed by atoms with Gasteiger partial charge in [-0.05, 0) is 46.9 Å². The lowest BCUT2D eigenvalue weighted by Crippen LogP contribution is -2.32. The molecular formula is C29H28ClN5O3. The average Bonchev–Trinajstić information content (AvgIpc) is 3.31. The third-order valence-corrected chi connectivity index (χ3v) is 6.35. The van der Waals surface area contributed by atoms with Crippen molar-refractivity contribution in [1.29, 1.82) is 0 Å². The summed E-state index contributed by atoms with van der Waals surface area (Å²) in [5.41, 5.74) is 18.3. The number of rotatable bonds is 8. The molecule has 0 aliphatic carbocycles. The lowest BCUT2D eigenvalue weighted by molar-refractivity contribution is -0.138. The fraction of sp³-hybridized carbons (Fsp3) is 0.138. The van der Waals surface area contributed by atoms with E-state index in [1.807, 2.05) is 54.7 Å². The molecule has 0 saturated carbocycles. The summed E-state index contributed by atoms with van der Waals surface area (Å²) < 4.78 is 7.39. The molecule has 5 rings (SSSR count). The summed E-state index contributed by atoms with van der Waals surface area (Å²) >= 11 is 0. The number of nitrogens with two attached hydrogens (primary N) is 2. The number of halogens is 1. The Kier molecular flexibility index (Phi) is 7.95. The maximum atomic E-state index is 11.1. The standard InChI is InChI=1S/C29H27N5O3.ClH/c1-37-23-4-2-3-22(16-23)20-9-7-19(8-10-20)17-34-14-13-24-26(32-29(31)33-27(24)34)21-11-5-18(6-12-21)15-25(30)28(35)36;/h2-14,16,25H,15,17,30H2,1H3,(H,35,36)(H2,31,32,33);1H. The number of carboxylic acids is 1. The van der Waals surface area contributed by atoms with E-state index in [2.05, 4.69) is 44.9 Å². The number of hydrogen-bond donors (Lipinski definition) is 3. The molecular weight excluding hydrogens is 502 g/mol. The molecule has 2 aromatic heterocycles. The summed E-state index contributed by atoms with van der Waals surface area (Å²) in [5, 5.41) is 9.94. The van der Waals surface area contributed by atoms with E-state index in [1.165, 1.54) is 0 Å². The van der Waals surface area contributed by atoms with Crippen molar-refractivity contribution in [1.82, 2.24) is 14.5 Å². The van der Waals surface area contributed by atoms with Gasteiger partial charge in [0.05, 0.1) is 12.8 Å². The highest BCUT2D eigenvalue weighted by molar-refractivity contribution is 5.92. The summed E-state index contributed by atoms with van der Waals surface area (Å²) in [6.45, 7) is 0.629. The van der Waals surface area contributed by atoms with Gasteiger partial charge in [0.1, 0.15) is 17.4 Å². The van der Waals surface area contributed by atoms with Gasteiger partial charge >= 0.3 is 5.97 Å². The maximum Gasteiger partial charge on any atom is 0.320 e. The molecule has 38 heavy (non-hydrogen) atoms. The number of anilines is 1. The molecule has 0 fully saturated rings. The molecule has 5 N–H and O–H groups in total. The van der Waals surface area contributed by atoms with E-state index in [9.17, 15) is 4.79 Å². The Bertz CT molecular complexity index is 1570. The van der Waals surface area contributed by atoms with Gasteiger partial charge in [-0.25, -0.2) is 4.98 Å². The Morgan fingerprint density at radius 1 is 0.947 bits per heavy atom. The molecule has 0 aliphatic rings. The predicted molar refractivity (Wildman–Crippen MR) is 151 cm³/mol. The van der Waals surface area contributed by atoms with Crippen molar-refractivity contribution in [3.8, 4) is 28.1 Å². The molecule has 194 valence electrons. The van der Waals surface area contributed by atoms with Gasteiger partial charge in [-0.2, -0.15) is 4.98 Å². The molecule has 0 bridgehead atoms. The molecule has 0 saturated heterocycles. The number of hydrogen-bond acceptors (Lipinski definition) is 6. The number of carboxylic acid groups (broad SMARTS) is 1. The van der Waals surface area contributed by atoms with Crippen LogP contribution in [0.15, 0.2) is 85.1 Å². The van der Waals surface area contributed by atoms with Crippen molar-refractivity contribution in [2.75, 3.05) is 12.8 Å². The number of benzene rings is 3. The minimum absolute atomic E-state index is 0. The zero-order chi connectivity index (χ0) is 25.9. The SMILES string of the molecule is COc1cccc(-c2ccc(Cn3ccc4c(-c5ccc(CC(N)C(=O)O)cc5)nc(N)nc43)cc2)c1.Cl. The van der Waals surface area contributed by atoms with Gasteiger partial charge in [0.2, 0.25) is 5.95 Å². The van der Waals surface area contributed by atoms with Crippen LogP contribution in [0.2, 0.25) is 0 Å². The second-order valence-electron chi connectivity index (χ2n) is 8.89. The zero-order valence-electron chi connectivity index (χ0n) is 20.7. The van der Waals surface area contributed by atoms with E-state index >= 15 is 0 Å². The Balaban J connectivity index is 0.00000336. The first-order valence-electron chi connectivity index (χ1n) is 11.8. The Hall–Kier alpha value is -4.40. The van der Waals surface area contributed by atoms with Gasteiger partial charge in [-0.15, -0.1) is 12.4 Å². The van der Waals surface area contributed by atoms with E-state index in [1.54, 1.807) is 7.11 Å². The second-order valence-corrected chi connectivity index (χ2v) is 8.89. The Morgan fingerprint density at radius 2 is 1.63 bits per heavy atom. The smallest absolute Gasteiger partial charge is 0.320 e. The number of nitrogen functional groups attached to an aromatic ring is 1. The molecule has 5 aromatic rings. The van der Waals surface area contributed by atoms with Crippen molar-refractivity contribution in [2.45, 2.75) is 19.0 Å². The first kappa shape index (κ1) is 26.7. The number of aromatic nitrogens is 3. The normalized spacial score (nSPS) is 11.6. The molecule has 0 radical (unpaired) electrons. The summed E-state index contributed by atoms with van der Waals surface area (Å²) in [4.78, 5) is 20.1. The highest BCUT2D eigenvalue weighted by Gasteiger charge is 2.15. The summed E-state index contributed by atoms with van der Waals surface area (Å²) in [6.07, 6.45) is 2.24. The molecule has 9 heteroatoms. The van der Waals surface area contributed by atoms with Gasteiger partial charge in [0, 0.05) is 23.7 Å². The van der Waals surface area contributed by atoms with Crippen LogP contribution in [0.5, 0.6) is 5.75 Å². The van der Waals surface area contributed by atoms with Gasteiger partial charge in [-0.1, -0.05) is 60.7 Å². The Labute approximate surface area is 226 Å². The summed E-state index contributed by atoms with van der Waals surface area (Å²) in [5.74, 6) is -0.00891. The van der Waals surface area contributed by atoms with Crippen LogP contribution in [0.25, 0.3) is 33.4 Å². The molecule has 3 aromatic carbocycles. The van der Waals surface area contributed by atoms with Crippen LogP contribution in [0.3, 0.4) is 0 Å². The number of carbonyl (C=O) groups is 1. The number of methoxy groups -OCH3 is 1. The van der Waals surface area contributed by atoms with E-state index in [4.69, 9.17) is 21.3 Å². The van der Waals surface area contributed by atoms with Crippen LogP contribution in [0.1, 0.15) is 11.1 Å². The van der Waals surface area contributed by atoms with Crippen molar-refractivity contribution in [3.05, 3.63) is 96.2 Å². The van der Waals surface area contributed by atoms with E-state index < -0.39 is 12.0 Å². The van der Waals surface area contributed by atoms with Crippen molar-refractivity contribution in [2.24, 2.45) is 5.73 Å². The Morgan fingerprint density at radius 3 is 2.32 bits per heavy atom. The number of ether oxygens (including phenoxy) is 1.